The SMILES string of the molecule is CCOC(=O)CCN(Cc1ccc(F)cc1)C(=O)COc1ccc(C)cc1. The van der Waals surface area contributed by atoms with Crippen molar-refractivity contribution in [3.8, 4) is 5.75 Å². The maximum Gasteiger partial charge on any atom is 0.307 e. The summed E-state index contributed by atoms with van der Waals surface area (Å²) in [4.78, 5) is 25.7. The third-order valence-corrected chi connectivity index (χ3v) is 3.91. The van der Waals surface area contributed by atoms with E-state index in [9.17, 15) is 14.0 Å². The number of ether oxygens (including phenoxy) is 2. The molecule has 0 aliphatic carbocycles. The standard InChI is InChI=1S/C21H24FNO4/c1-3-26-21(25)12-13-23(14-17-6-8-18(22)9-7-17)20(24)15-27-19-10-4-16(2)5-11-19/h4-11H,3,12-15H2,1-2H3. The van der Waals surface area contributed by atoms with Crippen LogP contribution in [0.25, 0.3) is 0 Å². The summed E-state index contributed by atoms with van der Waals surface area (Å²) in [6.45, 7) is 4.31. The molecule has 5 nitrogen and oxygen atoms in total. The monoisotopic (exact) mass is 373 g/mol. The van der Waals surface area contributed by atoms with Crippen molar-refractivity contribution in [2.45, 2.75) is 26.8 Å². The van der Waals surface area contributed by atoms with Crippen molar-refractivity contribution in [3.63, 3.8) is 0 Å². The summed E-state index contributed by atoms with van der Waals surface area (Å²) in [6.07, 6.45) is 0.0886. The summed E-state index contributed by atoms with van der Waals surface area (Å²) in [7, 11) is 0. The number of nitrogens with zero attached hydrogens (tertiary/aromatic N) is 1. The number of hydrogen-bond acceptors (Lipinski definition) is 4. The average Bonchev–Trinajstić information content (AvgIpc) is 2.66. The van der Waals surface area contributed by atoms with Gasteiger partial charge in [-0.15, -0.1) is 0 Å². The summed E-state index contributed by atoms with van der Waals surface area (Å²) in [5, 5.41) is 0. The number of esters is 1. The predicted octanol–water partition coefficient (Wildman–Crippen LogP) is 3.49. The molecule has 6 heteroatoms. The van der Waals surface area contributed by atoms with Gasteiger partial charge in [-0.2, -0.15) is 0 Å². The molecule has 0 unspecified atom stereocenters. The van der Waals surface area contributed by atoms with Crippen molar-refractivity contribution in [3.05, 3.63) is 65.5 Å². The normalized spacial score (nSPS) is 10.3. The third-order valence-electron chi connectivity index (χ3n) is 3.91. The number of aryl methyl sites for hydroxylation is 1. The molecule has 0 atom stereocenters. The number of hydrogen-bond donors (Lipinski definition) is 0. The molecule has 0 saturated carbocycles. The molecule has 0 aromatic heterocycles. The van der Waals surface area contributed by atoms with E-state index in [1.165, 1.54) is 17.0 Å². The average molecular weight is 373 g/mol. The van der Waals surface area contributed by atoms with Crippen LogP contribution in [-0.2, 0) is 20.9 Å². The smallest absolute Gasteiger partial charge is 0.307 e. The van der Waals surface area contributed by atoms with Crippen molar-refractivity contribution < 1.29 is 23.5 Å². The fraction of sp³-hybridized carbons (Fsp3) is 0.333. The first kappa shape index (κ1) is 20.4. The van der Waals surface area contributed by atoms with E-state index < -0.39 is 0 Å². The second-order valence-electron chi connectivity index (χ2n) is 6.10. The van der Waals surface area contributed by atoms with Gasteiger partial charge in [0.1, 0.15) is 11.6 Å². The molecule has 2 aromatic rings. The molecule has 0 saturated heterocycles. The van der Waals surface area contributed by atoms with Gasteiger partial charge in [0.15, 0.2) is 6.61 Å². The minimum absolute atomic E-state index is 0.0886. The highest BCUT2D eigenvalue weighted by atomic mass is 19.1. The molecule has 0 fully saturated rings. The van der Waals surface area contributed by atoms with Gasteiger partial charge in [0.05, 0.1) is 13.0 Å². The Morgan fingerprint density at radius 1 is 1.04 bits per heavy atom. The van der Waals surface area contributed by atoms with E-state index in [2.05, 4.69) is 0 Å². The number of benzene rings is 2. The number of halogens is 1. The fourth-order valence-electron chi connectivity index (χ4n) is 2.43. The van der Waals surface area contributed by atoms with E-state index in [0.717, 1.165) is 11.1 Å². The van der Waals surface area contributed by atoms with Gasteiger partial charge in [-0.3, -0.25) is 9.59 Å². The molecule has 2 aromatic carbocycles. The highest BCUT2D eigenvalue weighted by molar-refractivity contribution is 5.78. The van der Waals surface area contributed by atoms with E-state index in [1.54, 1.807) is 31.2 Å². The fourth-order valence-corrected chi connectivity index (χ4v) is 2.43. The maximum absolute atomic E-state index is 13.1. The number of carbonyl (C=O) groups is 2. The largest absolute Gasteiger partial charge is 0.484 e. The number of carbonyl (C=O) groups excluding carboxylic acids is 2. The van der Waals surface area contributed by atoms with Crippen molar-refractivity contribution in [1.29, 1.82) is 0 Å². The van der Waals surface area contributed by atoms with E-state index in [0.29, 0.717) is 12.4 Å². The number of amides is 1. The molecule has 144 valence electrons. The Hall–Kier alpha value is -2.89. The van der Waals surface area contributed by atoms with E-state index >= 15 is 0 Å². The Balaban J connectivity index is 1.99. The number of rotatable bonds is 9. The van der Waals surface area contributed by atoms with Crippen LogP contribution >= 0.6 is 0 Å². The molecule has 1 amide bonds. The molecule has 0 heterocycles. The lowest BCUT2D eigenvalue weighted by atomic mass is 10.2. The molecular formula is C21H24FNO4. The van der Waals surface area contributed by atoms with E-state index in [1.807, 2.05) is 19.1 Å². The third kappa shape index (κ3) is 7.09. The summed E-state index contributed by atoms with van der Waals surface area (Å²) < 4.78 is 23.6. The summed E-state index contributed by atoms with van der Waals surface area (Å²) in [6, 6.07) is 13.3. The Morgan fingerprint density at radius 3 is 2.33 bits per heavy atom. The Labute approximate surface area is 158 Å². The van der Waals surface area contributed by atoms with Crippen LogP contribution in [0.1, 0.15) is 24.5 Å². The molecule has 2 rings (SSSR count). The lowest BCUT2D eigenvalue weighted by Crippen LogP contribution is -2.36. The maximum atomic E-state index is 13.1. The van der Waals surface area contributed by atoms with Crippen LogP contribution in [0.2, 0.25) is 0 Å². The summed E-state index contributed by atoms with van der Waals surface area (Å²) >= 11 is 0. The molecule has 27 heavy (non-hydrogen) atoms. The molecule has 0 spiro atoms. The zero-order valence-corrected chi connectivity index (χ0v) is 15.6. The van der Waals surface area contributed by atoms with Crippen LogP contribution in [0.4, 0.5) is 4.39 Å². The second-order valence-corrected chi connectivity index (χ2v) is 6.10. The van der Waals surface area contributed by atoms with Gasteiger partial charge < -0.3 is 14.4 Å². The van der Waals surface area contributed by atoms with E-state index in [-0.39, 0.29) is 43.8 Å². The quantitative estimate of drug-likeness (QED) is 0.632. The molecule has 0 aliphatic rings. The van der Waals surface area contributed by atoms with Crippen molar-refractivity contribution in [2.24, 2.45) is 0 Å². The van der Waals surface area contributed by atoms with E-state index in [4.69, 9.17) is 9.47 Å². The Bertz CT molecular complexity index is 744. The zero-order valence-electron chi connectivity index (χ0n) is 15.6. The van der Waals surface area contributed by atoms with Crippen molar-refractivity contribution in [2.75, 3.05) is 19.8 Å². The van der Waals surface area contributed by atoms with Gasteiger partial charge in [0.2, 0.25) is 0 Å². The summed E-state index contributed by atoms with van der Waals surface area (Å²) in [5.41, 5.74) is 1.87. The minimum atomic E-state index is -0.367. The van der Waals surface area contributed by atoms with Gasteiger partial charge in [-0.25, -0.2) is 4.39 Å². The van der Waals surface area contributed by atoms with Crippen LogP contribution < -0.4 is 4.74 Å². The lowest BCUT2D eigenvalue weighted by Gasteiger charge is -2.22. The Morgan fingerprint density at radius 2 is 1.70 bits per heavy atom. The lowest BCUT2D eigenvalue weighted by molar-refractivity contribution is -0.144. The molecule has 0 bridgehead atoms. The first-order valence-corrected chi connectivity index (χ1v) is 8.85. The molecule has 0 aliphatic heterocycles. The van der Waals surface area contributed by atoms with Crippen molar-refractivity contribution in [1.82, 2.24) is 4.90 Å². The highest BCUT2D eigenvalue weighted by Crippen LogP contribution is 2.13. The molecule has 0 radical (unpaired) electrons. The summed E-state index contributed by atoms with van der Waals surface area (Å²) in [5.74, 6) is -0.370. The van der Waals surface area contributed by atoms with Crippen LogP contribution in [0.5, 0.6) is 5.75 Å². The first-order valence-electron chi connectivity index (χ1n) is 8.85. The second kappa shape index (κ2) is 10.3. The Kier molecular flexibility index (Phi) is 7.79. The van der Waals surface area contributed by atoms with Gasteiger partial charge in [-0.05, 0) is 43.7 Å². The van der Waals surface area contributed by atoms with Gasteiger partial charge >= 0.3 is 5.97 Å². The predicted molar refractivity (Wildman–Crippen MR) is 99.7 cm³/mol. The van der Waals surface area contributed by atoms with Gasteiger partial charge in [-0.1, -0.05) is 29.8 Å². The first-order chi connectivity index (χ1) is 13.0. The minimum Gasteiger partial charge on any atom is -0.484 e. The van der Waals surface area contributed by atoms with Crippen molar-refractivity contribution >= 4 is 11.9 Å². The van der Waals surface area contributed by atoms with Crippen LogP contribution in [0.3, 0.4) is 0 Å². The zero-order chi connectivity index (χ0) is 19.6. The van der Waals surface area contributed by atoms with Gasteiger partial charge in [0, 0.05) is 13.1 Å². The highest BCUT2D eigenvalue weighted by Gasteiger charge is 2.17. The van der Waals surface area contributed by atoms with Gasteiger partial charge in [0.25, 0.3) is 5.91 Å². The molecule has 0 N–H and O–H groups in total. The van der Waals surface area contributed by atoms with Crippen LogP contribution in [0.15, 0.2) is 48.5 Å². The van der Waals surface area contributed by atoms with Crippen LogP contribution in [0, 0.1) is 12.7 Å². The topological polar surface area (TPSA) is 55.8 Å². The molecular weight excluding hydrogens is 349 g/mol. The van der Waals surface area contributed by atoms with Crippen LogP contribution in [-0.4, -0.2) is 36.5 Å².